The van der Waals surface area contributed by atoms with Crippen molar-refractivity contribution >= 4 is 17.8 Å². The molecule has 1 aromatic carbocycles. The molecule has 9 heteroatoms. The third-order valence-electron chi connectivity index (χ3n) is 7.55. The molecule has 0 spiro atoms. The number of aryl methyl sites for hydroxylation is 1. The molecule has 0 amide bonds. The minimum atomic E-state index is -4.38. The van der Waals surface area contributed by atoms with Crippen molar-refractivity contribution in [2.75, 3.05) is 19.7 Å². The fourth-order valence-electron chi connectivity index (χ4n) is 5.64. The summed E-state index contributed by atoms with van der Waals surface area (Å²) in [6.07, 6.45) is -0.994. The average molecular weight is 530 g/mol. The number of halogens is 3. The second-order valence-corrected chi connectivity index (χ2v) is 9.90. The number of esters is 1. The van der Waals surface area contributed by atoms with Crippen LogP contribution >= 0.6 is 0 Å². The highest BCUT2D eigenvalue weighted by Gasteiger charge is 2.36. The van der Waals surface area contributed by atoms with Crippen LogP contribution in [0.15, 0.2) is 52.4 Å². The number of aliphatic imine (C=N–C) groups is 1. The minimum absolute atomic E-state index is 0.0838. The van der Waals surface area contributed by atoms with Crippen LogP contribution in [-0.2, 0) is 15.7 Å². The van der Waals surface area contributed by atoms with Gasteiger partial charge in [0.1, 0.15) is 11.3 Å². The van der Waals surface area contributed by atoms with Gasteiger partial charge in [0.15, 0.2) is 5.76 Å². The van der Waals surface area contributed by atoms with E-state index < -0.39 is 17.7 Å². The molecule has 6 nitrogen and oxygen atoms in total. The molecule has 1 fully saturated rings. The Kier molecular flexibility index (Phi) is 7.88. The van der Waals surface area contributed by atoms with Crippen molar-refractivity contribution < 1.29 is 27.8 Å². The average Bonchev–Trinajstić information content (AvgIpc) is 3.31. The first-order valence-corrected chi connectivity index (χ1v) is 12.9. The van der Waals surface area contributed by atoms with Crippen molar-refractivity contribution in [3.05, 3.63) is 75.4 Å². The lowest BCUT2D eigenvalue weighted by Crippen LogP contribution is -2.37. The molecule has 1 N–H and O–H groups in total. The van der Waals surface area contributed by atoms with Gasteiger partial charge in [0, 0.05) is 36.6 Å². The third kappa shape index (κ3) is 5.29. The smallest absolute Gasteiger partial charge is 0.416 e. The van der Waals surface area contributed by atoms with Crippen LogP contribution in [0.3, 0.4) is 0 Å². The van der Waals surface area contributed by atoms with E-state index in [0.29, 0.717) is 30.1 Å². The van der Waals surface area contributed by atoms with E-state index in [1.54, 1.807) is 32.1 Å². The van der Waals surface area contributed by atoms with Crippen molar-refractivity contribution in [2.24, 2.45) is 4.99 Å². The van der Waals surface area contributed by atoms with Crippen LogP contribution in [0.4, 0.5) is 13.2 Å². The first-order valence-electron chi connectivity index (χ1n) is 12.9. The van der Waals surface area contributed by atoms with Gasteiger partial charge >= 0.3 is 12.1 Å². The van der Waals surface area contributed by atoms with Crippen LogP contribution in [0.5, 0.6) is 0 Å². The van der Waals surface area contributed by atoms with E-state index in [1.807, 2.05) is 26.8 Å². The maximum atomic E-state index is 13.6. The van der Waals surface area contributed by atoms with E-state index in [1.165, 1.54) is 6.07 Å². The summed E-state index contributed by atoms with van der Waals surface area (Å²) in [4.78, 5) is 18.7. The van der Waals surface area contributed by atoms with Crippen molar-refractivity contribution in [1.29, 1.82) is 0 Å². The maximum absolute atomic E-state index is 13.6. The molecule has 0 saturated carbocycles. The minimum Gasteiger partial charge on any atom is -0.505 e. The Hall–Kier alpha value is -3.33. The Morgan fingerprint density at radius 3 is 2.50 bits per heavy atom. The normalized spacial score (nSPS) is 19.3. The van der Waals surface area contributed by atoms with Gasteiger partial charge in [-0.2, -0.15) is 13.2 Å². The maximum Gasteiger partial charge on any atom is 0.416 e. The molecule has 0 bridgehead atoms. The van der Waals surface area contributed by atoms with E-state index in [9.17, 15) is 23.1 Å². The topological polar surface area (TPSA) is 67.1 Å². The zero-order valence-electron chi connectivity index (χ0n) is 22.4. The molecule has 2 aromatic rings. The highest BCUT2D eigenvalue weighted by atomic mass is 19.4. The van der Waals surface area contributed by atoms with Gasteiger partial charge in [-0.25, -0.2) is 9.79 Å². The van der Waals surface area contributed by atoms with Gasteiger partial charge in [0.05, 0.1) is 17.9 Å². The summed E-state index contributed by atoms with van der Waals surface area (Å²) in [6.45, 7) is 10.8. The van der Waals surface area contributed by atoms with Crippen LogP contribution in [0.2, 0.25) is 0 Å². The number of benzene rings is 1. The van der Waals surface area contributed by atoms with E-state index >= 15 is 0 Å². The zero-order chi connectivity index (χ0) is 27.8. The first-order chi connectivity index (χ1) is 17.9. The van der Waals surface area contributed by atoms with Crippen LogP contribution in [-0.4, -0.2) is 46.0 Å². The van der Waals surface area contributed by atoms with Gasteiger partial charge in [-0.15, -0.1) is 0 Å². The van der Waals surface area contributed by atoms with E-state index in [-0.39, 0.29) is 30.0 Å². The molecular formula is C29H34F3N3O3. The number of rotatable bonds is 6. The molecular weight excluding hydrogens is 495 g/mol. The number of carbonyl (C=O) groups is 1. The summed E-state index contributed by atoms with van der Waals surface area (Å²) in [5.74, 6) is -0.786. The number of nitrogens with zero attached hydrogens (tertiary/aromatic N) is 3. The third-order valence-corrected chi connectivity index (χ3v) is 7.55. The number of piperidine rings is 1. The summed E-state index contributed by atoms with van der Waals surface area (Å²) < 4.78 is 48.0. The first kappa shape index (κ1) is 27.7. The number of likely N-dealkylation sites (tertiary alicyclic amines) is 1. The molecule has 2 aliphatic heterocycles. The number of aliphatic hydroxyl groups excluding tert-OH is 1. The molecule has 0 radical (unpaired) electrons. The molecule has 4 rings (SSSR count). The van der Waals surface area contributed by atoms with Crippen molar-refractivity contribution in [3.8, 4) is 0 Å². The lowest BCUT2D eigenvalue weighted by molar-refractivity contribution is -0.139. The lowest BCUT2D eigenvalue weighted by Gasteiger charge is -2.38. The second kappa shape index (κ2) is 10.8. The van der Waals surface area contributed by atoms with E-state index in [0.717, 1.165) is 35.9 Å². The SMILES string of the molecule is CCOC(=O)C1=C(O)/C(=C\c2cc(C)n(C3CCN([C@@H](C)c4ccccc4C(F)(F)F)CC3)c2C)N=C1C. The predicted molar refractivity (Wildman–Crippen MR) is 141 cm³/mol. The monoisotopic (exact) mass is 529 g/mol. The van der Waals surface area contributed by atoms with Gasteiger partial charge in [0.2, 0.25) is 0 Å². The van der Waals surface area contributed by atoms with Gasteiger partial charge in [-0.1, -0.05) is 18.2 Å². The lowest BCUT2D eigenvalue weighted by atomic mass is 9.96. The van der Waals surface area contributed by atoms with Crippen molar-refractivity contribution in [2.45, 2.75) is 65.7 Å². The quantitative estimate of drug-likeness (QED) is 0.422. The molecule has 1 atom stereocenters. The summed E-state index contributed by atoms with van der Waals surface area (Å²) in [7, 11) is 0. The van der Waals surface area contributed by atoms with Crippen LogP contribution in [0, 0.1) is 13.8 Å². The molecule has 38 heavy (non-hydrogen) atoms. The number of aromatic nitrogens is 1. The highest BCUT2D eigenvalue weighted by molar-refractivity contribution is 6.22. The number of alkyl halides is 3. The molecule has 1 saturated heterocycles. The Morgan fingerprint density at radius 2 is 1.87 bits per heavy atom. The standard InChI is InChI=1S/C29H34F3N3O3/c1-6-38-28(37)26-18(3)33-25(27(26)36)16-21-15-17(2)35(19(21)4)22-11-13-34(14-12-22)20(5)23-9-7-8-10-24(23)29(30,31)32/h7-10,15-16,20,22,36H,6,11-14H2,1-5H3/b25-16+/t20-/m0/s1. The second-order valence-electron chi connectivity index (χ2n) is 9.90. The molecule has 2 aliphatic rings. The summed E-state index contributed by atoms with van der Waals surface area (Å²) in [5.41, 5.74) is 3.50. The number of aliphatic hydroxyl groups is 1. The Labute approximate surface area is 221 Å². The molecule has 1 aromatic heterocycles. The zero-order valence-corrected chi connectivity index (χ0v) is 22.4. The summed E-state index contributed by atoms with van der Waals surface area (Å²) in [5, 5.41) is 10.7. The van der Waals surface area contributed by atoms with Crippen molar-refractivity contribution in [1.82, 2.24) is 9.47 Å². The fraction of sp³-hybridized carbons (Fsp3) is 0.448. The summed E-state index contributed by atoms with van der Waals surface area (Å²) in [6, 6.07) is 7.71. The Balaban J connectivity index is 1.52. The Bertz CT molecular complexity index is 1310. The predicted octanol–water partition coefficient (Wildman–Crippen LogP) is 6.71. The van der Waals surface area contributed by atoms with Gasteiger partial charge in [0.25, 0.3) is 0 Å². The fourth-order valence-corrected chi connectivity index (χ4v) is 5.64. The number of carbonyl (C=O) groups excluding carboxylic acids is 1. The van der Waals surface area contributed by atoms with Crippen molar-refractivity contribution in [3.63, 3.8) is 0 Å². The largest absolute Gasteiger partial charge is 0.505 e. The van der Waals surface area contributed by atoms with Crippen LogP contribution in [0.1, 0.15) is 73.8 Å². The number of hydrogen-bond donors (Lipinski definition) is 1. The number of ether oxygens (including phenoxy) is 1. The molecule has 3 heterocycles. The van der Waals surface area contributed by atoms with E-state index in [2.05, 4.69) is 14.5 Å². The van der Waals surface area contributed by atoms with Crippen LogP contribution in [0.25, 0.3) is 6.08 Å². The van der Waals surface area contributed by atoms with E-state index in [4.69, 9.17) is 4.74 Å². The highest BCUT2D eigenvalue weighted by Crippen LogP contribution is 2.38. The Morgan fingerprint density at radius 1 is 1.21 bits per heavy atom. The summed E-state index contributed by atoms with van der Waals surface area (Å²) >= 11 is 0. The number of hydrogen-bond acceptors (Lipinski definition) is 5. The van der Waals surface area contributed by atoms with Gasteiger partial charge in [-0.05, 0) is 76.8 Å². The van der Waals surface area contributed by atoms with Gasteiger partial charge < -0.3 is 14.4 Å². The van der Waals surface area contributed by atoms with Gasteiger partial charge in [-0.3, -0.25) is 4.90 Å². The molecule has 0 aliphatic carbocycles. The molecule has 0 unspecified atom stereocenters. The molecule has 204 valence electrons. The van der Waals surface area contributed by atoms with Crippen LogP contribution < -0.4 is 0 Å².